The molecule has 0 aromatic rings. The lowest BCUT2D eigenvalue weighted by atomic mass is 9.74. The van der Waals surface area contributed by atoms with Gasteiger partial charge in [0.2, 0.25) is 0 Å². The molecular formula is C32H59N3O7. The number of carbonyl (C=O) groups is 2. The van der Waals surface area contributed by atoms with Crippen LogP contribution in [0, 0.1) is 23.2 Å². The van der Waals surface area contributed by atoms with Crippen molar-refractivity contribution in [2.24, 2.45) is 23.2 Å². The average Bonchev–Trinajstić information content (AvgIpc) is 2.92. The van der Waals surface area contributed by atoms with E-state index in [9.17, 15) is 14.7 Å². The molecule has 3 unspecified atom stereocenters. The summed E-state index contributed by atoms with van der Waals surface area (Å²) in [7, 11) is 9.76. The fourth-order valence-corrected chi connectivity index (χ4v) is 7.47. The zero-order valence-corrected chi connectivity index (χ0v) is 28.1. The molecule has 0 aromatic heterocycles. The molecule has 1 N–H and O–H groups in total. The number of aliphatic hydroxyl groups excluding tert-OH is 1. The van der Waals surface area contributed by atoms with Gasteiger partial charge in [0.1, 0.15) is 18.1 Å². The summed E-state index contributed by atoms with van der Waals surface area (Å²) in [6.45, 7) is 14.3. The van der Waals surface area contributed by atoms with Crippen molar-refractivity contribution in [3.05, 3.63) is 0 Å². The molecule has 3 saturated heterocycles. The number of piperidine rings is 1. The van der Waals surface area contributed by atoms with Gasteiger partial charge in [0.15, 0.2) is 12.1 Å². The van der Waals surface area contributed by atoms with Crippen LogP contribution in [0.3, 0.4) is 0 Å². The Morgan fingerprint density at radius 2 is 1.67 bits per heavy atom. The standard InChI is InChI=1S/C32H59N3O7/c1-20-17-32(6,39-11)28(42-29-26(36)24(33(7)8)16-21(2)41-29)22(3)27(37)31(4,5)30(38)40-19-25(35(10)18-20)23-12-14-34(9)15-13-23/h20-26,28-29,36H,12-19H2,1-11H3/t20-,21?,22+,24?,25-,26-,28-,29?,32-/m1/s1. The molecule has 244 valence electrons. The highest BCUT2D eigenvalue weighted by Crippen LogP contribution is 2.38. The molecule has 3 rings (SSSR count). The lowest BCUT2D eigenvalue weighted by Crippen LogP contribution is -2.59. The third kappa shape index (κ3) is 7.92. The molecule has 0 saturated carbocycles. The molecule has 3 fully saturated rings. The first-order valence-electron chi connectivity index (χ1n) is 15.8. The summed E-state index contributed by atoms with van der Waals surface area (Å²) in [6, 6.07) is -0.103. The molecule has 9 atom stereocenters. The summed E-state index contributed by atoms with van der Waals surface area (Å²) in [5.74, 6) is -0.961. The van der Waals surface area contributed by atoms with Crippen molar-refractivity contribution in [1.29, 1.82) is 0 Å². The number of ketones is 1. The van der Waals surface area contributed by atoms with E-state index in [1.807, 2.05) is 32.8 Å². The Labute approximate surface area is 254 Å². The van der Waals surface area contributed by atoms with Gasteiger partial charge in [0.05, 0.1) is 17.8 Å². The third-order valence-corrected chi connectivity index (χ3v) is 10.2. The van der Waals surface area contributed by atoms with Crippen LogP contribution in [0.4, 0.5) is 0 Å². The van der Waals surface area contributed by atoms with Crippen LogP contribution >= 0.6 is 0 Å². The van der Waals surface area contributed by atoms with E-state index in [4.69, 9.17) is 18.9 Å². The molecule has 10 heteroatoms. The number of likely N-dealkylation sites (N-methyl/N-ethyl adjacent to an activating group) is 2. The second-order valence-corrected chi connectivity index (χ2v) is 14.5. The fraction of sp³-hybridized carbons (Fsp3) is 0.938. The molecule has 0 radical (unpaired) electrons. The number of hydrogen-bond donors (Lipinski definition) is 1. The second kappa shape index (κ2) is 14.3. The SMILES string of the molecule is CO[C@]1(C)C[C@@H](C)CN(C)[C@@H](C2CCN(C)CC2)COC(=O)C(C)(C)C(=O)[C@H](C)[C@H]1OC1OC(C)CC(N(C)C)[C@H]1O. The van der Waals surface area contributed by atoms with Crippen LogP contribution in [0.2, 0.25) is 0 Å². The van der Waals surface area contributed by atoms with Gasteiger partial charge in [-0.25, -0.2) is 0 Å². The molecule has 3 heterocycles. The van der Waals surface area contributed by atoms with Crippen molar-refractivity contribution in [1.82, 2.24) is 14.7 Å². The van der Waals surface area contributed by atoms with E-state index in [1.54, 1.807) is 27.9 Å². The van der Waals surface area contributed by atoms with E-state index >= 15 is 0 Å². The van der Waals surface area contributed by atoms with Crippen LogP contribution < -0.4 is 0 Å². The monoisotopic (exact) mass is 597 g/mol. The Balaban J connectivity index is 1.98. The highest BCUT2D eigenvalue weighted by atomic mass is 16.7. The van der Waals surface area contributed by atoms with Gasteiger partial charge in [0.25, 0.3) is 0 Å². The van der Waals surface area contributed by atoms with Crippen molar-refractivity contribution in [3.63, 3.8) is 0 Å². The first-order valence-corrected chi connectivity index (χ1v) is 15.8. The van der Waals surface area contributed by atoms with E-state index in [-0.39, 0.29) is 36.5 Å². The first-order chi connectivity index (χ1) is 19.5. The maximum atomic E-state index is 14.2. The largest absolute Gasteiger partial charge is 0.463 e. The average molecular weight is 598 g/mol. The van der Waals surface area contributed by atoms with Crippen molar-refractivity contribution in [2.75, 3.05) is 61.5 Å². The van der Waals surface area contributed by atoms with Crippen molar-refractivity contribution < 1.29 is 33.6 Å². The molecule has 0 spiro atoms. The molecular weight excluding hydrogens is 538 g/mol. The Kier molecular flexibility index (Phi) is 12.0. The molecule has 42 heavy (non-hydrogen) atoms. The maximum absolute atomic E-state index is 14.2. The zero-order valence-electron chi connectivity index (χ0n) is 28.1. The molecule has 3 aliphatic heterocycles. The summed E-state index contributed by atoms with van der Waals surface area (Å²) >= 11 is 0. The van der Waals surface area contributed by atoms with Crippen molar-refractivity contribution in [2.45, 2.75) is 110 Å². The molecule has 3 aliphatic rings. The second-order valence-electron chi connectivity index (χ2n) is 14.5. The number of nitrogens with zero attached hydrogens (tertiary/aromatic N) is 3. The predicted octanol–water partition coefficient (Wildman–Crippen LogP) is 2.66. The zero-order chi connectivity index (χ0) is 31.6. The van der Waals surface area contributed by atoms with Gasteiger partial charge >= 0.3 is 5.97 Å². The van der Waals surface area contributed by atoms with Crippen LogP contribution in [-0.2, 0) is 28.5 Å². The van der Waals surface area contributed by atoms with Crippen molar-refractivity contribution in [3.8, 4) is 0 Å². The molecule has 0 aromatic carbocycles. The molecule has 0 amide bonds. The van der Waals surface area contributed by atoms with Gasteiger partial charge in [-0.3, -0.25) is 14.5 Å². The maximum Gasteiger partial charge on any atom is 0.319 e. The van der Waals surface area contributed by atoms with E-state index in [2.05, 4.69) is 30.8 Å². The normalized spacial score (nSPS) is 40.7. The number of aliphatic hydroxyl groups is 1. The number of esters is 1. The van der Waals surface area contributed by atoms with Gasteiger partial charge in [-0.05, 0) is 106 Å². The summed E-state index contributed by atoms with van der Waals surface area (Å²) in [4.78, 5) is 34.4. The number of carbonyl (C=O) groups excluding carboxylic acids is 2. The predicted molar refractivity (Wildman–Crippen MR) is 162 cm³/mol. The Hall–Kier alpha value is -1.14. The van der Waals surface area contributed by atoms with Crippen LogP contribution in [0.25, 0.3) is 0 Å². The number of rotatable bonds is 5. The van der Waals surface area contributed by atoms with Crippen LogP contribution in [0.15, 0.2) is 0 Å². The van der Waals surface area contributed by atoms with E-state index in [1.165, 1.54) is 0 Å². The van der Waals surface area contributed by atoms with Crippen molar-refractivity contribution >= 4 is 11.8 Å². The quantitative estimate of drug-likeness (QED) is 0.376. The van der Waals surface area contributed by atoms with Crippen LogP contribution in [0.1, 0.15) is 67.2 Å². The number of ether oxygens (including phenoxy) is 4. The smallest absolute Gasteiger partial charge is 0.319 e. The number of Topliss-reactive ketones (excluding diaryl/α,β-unsaturated/α-hetero) is 1. The van der Waals surface area contributed by atoms with Gasteiger partial charge in [-0.1, -0.05) is 13.8 Å². The van der Waals surface area contributed by atoms with Gasteiger partial charge in [-0.2, -0.15) is 0 Å². The molecule has 0 bridgehead atoms. The fourth-order valence-electron chi connectivity index (χ4n) is 7.47. The topological polar surface area (TPSA) is 101 Å². The summed E-state index contributed by atoms with van der Waals surface area (Å²) in [5, 5.41) is 11.3. The summed E-state index contributed by atoms with van der Waals surface area (Å²) in [6.07, 6.45) is 0.561. The van der Waals surface area contributed by atoms with E-state index in [0.29, 0.717) is 18.8 Å². The number of methoxy groups -OCH3 is 1. The lowest BCUT2D eigenvalue weighted by molar-refractivity contribution is -0.295. The van der Waals surface area contributed by atoms with Gasteiger partial charge in [0, 0.05) is 31.7 Å². The van der Waals surface area contributed by atoms with E-state index < -0.39 is 41.4 Å². The van der Waals surface area contributed by atoms with Crippen LogP contribution in [0.5, 0.6) is 0 Å². The molecule has 0 aliphatic carbocycles. The molecule has 10 nitrogen and oxygen atoms in total. The van der Waals surface area contributed by atoms with Gasteiger partial charge < -0.3 is 33.9 Å². The van der Waals surface area contributed by atoms with Gasteiger partial charge in [-0.15, -0.1) is 0 Å². The third-order valence-electron chi connectivity index (χ3n) is 10.2. The number of cyclic esters (lactones) is 1. The Bertz CT molecular complexity index is 909. The van der Waals surface area contributed by atoms with Crippen LogP contribution in [-0.4, -0.2) is 135 Å². The first kappa shape index (κ1) is 35.3. The summed E-state index contributed by atoms with van der Waals surface area (Å²) < 4.78 is 24.9. The Morgan fingerprint density at radius 1 is 1.05 bits per heavy atom. The highest BCUT2D eigenvalue weighted by molar-refractivity contribution is 6.04. The highest BCUT2D eigenvalue weighted by Gasteiger charge is 2.51. The lowest BCUT2D eigenvalue weighted by Gasteiger charge is -2.47. The Morgan fingerprint density at radius 3 is 2.24 bits per heavy atom. The van der Waals surface area contributed by atoms with E-state index in [0.717, 1.165) is 32.5 Å². The minimum absolute atomic E-state index is 0.0604. The minimum Gasteiger partial charge on any atom is -0.463 e. The minimum atomic E-state index is -1.39. The number of likely N-dealkylation sites (tertiary alicyclic amines) is 1. The number of hydrogen-bond acceptors (Lipinski definition) is 10. The summed E-state index contributed by atoms with van der Waals surface area (Å²) in [5.41, 5.74) is -2.29.